The first-order chi connectivity index (χ1) is 8.31. The SMILES string of the molecule is CSCc1ccc(S(=O)c2ccccc2)cc1. The summed E-state index contributed by atoms with van der Waals surface area (Å²) in [5, 5.41) is 0. The summed E-state index contributed by atoms with van der Waals surface area (Å²) in [6.07, 6.45) is 2.08. The quantitative estimate of drug-likeness (QED) is 0.835. The number of rotatable bonds is 4. The first kappa shape index (κ1) is 12.4. The lowest BCUT2D eigenvalue weighted by Gasteiger charge is -2.03. The second-order valence-corrected chi connectivity index (χ2v) is 6.01. The first-order valence-corrected chi connectivity index (χ1v) is 7.90. The van der Waals surface area contributed by atoms with Gasteiger partial charge < -0.3 is 0 Å². The smallest absolute Gasteiger partial charge is 0.0849 e. The van der Waals surface area contributed by atoms with Gasteiger partial charge in [-0.2, -0.15) is 11.8 Å². The third-order valence-corrected chi connectivity index (χ3v) is 4.43. The second kappa shape index (κ2) is 6.03. The van der Waals surface area contributed by atoms with Crippen LogP contribution in [0.15, 0.2) is 64.4 Å². The molecule has 3 heteroatoms. The highest BCUT2D eigenvalue weighted by Gasteiger charge is 2.05. The van der Waals surface area contributed by atoms with E-state index in [1.165, 1.54) is 5.56 Å². The van der Waals surface area contributed by atoms with E-state index in [2.05, 4.69) is 6.26 Å². The van der Waals surface area contributed by atoms with Crippen LogP contribution in [-0.2, 0) is 16.6 Å². The fraction of sp³-hybridized carbons (Fsp3) is 0.143. The maximum atomic E-state index is 12.2. The van der Waals surface area contributed by atoms with Crippen molar-refractivity contribution >= 4 is 22.6 Å². The molecule has 0 saturated heterocycles. The highest BCUT2D eigenvalue weighted by Crippen LogP contribution is 2.18. The highest BCUT2D eigenvalue weighted by atomic mass is 32.2. The zero-order valence-electron chi connectivity index (χ0n) is 9.63. The van der Waals surface area contributed by atoms with Gasteiger partial charge in [0.15, 0.2) is 0 Å². The molecular formula is C14H14OS2. The molecule has 0 heterocycles. The summed E-state index contributed by atoms with van der Waals surface area (Å²) in [7, 11) is -1.07. The van der Waals surface area contributed by atoms with Crippen molar-refractivity contribution in [3.63, 3.8) is 0 Å². The van der Waals surface area contributed by atoms with Crippen molar-refractivity contribution in [3.05, 3.63) is 60.2 Å². The van der Waals surface area contributed by atoms with E-state index in [1.807, 2.05) is 54.6 Å². The zero-order chi connectivity index (χ0) is 12.1. The molecule has 0 aromatic heterocycles. The maximum Gasteiger partial charge on any atom is 0.0849 e. The highest BCUT2D eigenvalue weighted by molar-refractivity contribution is 7.97. The molecule has 1 unspecified atom stereocenters. The Kier molecular flexibility index (Phi) is 4.40. The molecule has 0 N–H and O–H groups in total. The van der Waals surface area contributed by atoms with Crippen LogP contribution in [0, 0.1) is 0 Å². The van der Waals surface area contributed by atoms with Gasteiger partial charge in [-0.05, 0) is 36.1 Å². The average molecular weight is 262 g/mol. The Morgan fingerprint density at radius 3 is 2.12 bits per heavy atom. The van der Waals surface area contributed by atoms with Crippen LogP contribution in [0.5, 0.6) is 0 Å². The van der Waals surface area contributed by atoms with Crippen LogP contribution in [0.4, 0.5) is 0 Å². The summed E-state index contributed by atoms with van der Waals surface area (Å²) in [6.45, 7) is 0. The molecule has 0 spiro atoms. The molecule has 0 aliphatic carbocycles. The van der Waals surface area contributed by atoms with Crippen molar-refractivity contribution in [1.29, 1.82) is 0 Å². The number of benzene rings is 2. The Bertz CT molecular complexity index is 491. The van der Waals surface area contributed by atoms with Gasteiger partial charge in [-0.3, -0.25) is 0 Å². The molecule has 1 atom stereocenters. The molecule has 2 aromatic rings. The van der Waals surface area contributed by atoms with Gasteiger partial charge in [0, 0.05) is 15.5 Å². The van der Waals surface area contributed by atoms with Crippen molar-refractivity contribution in [2.24, 2.45) is 0 Å². The summed E-state index contributed by atoms with van der Waals surface area (Å²) < 4.78 is 12.2. The van der Waals surface area contributed by atoms with Gasteiger partial charge in [0.05, 0.1) is 10.8 Å². The Morgan fingerprint density at radius 1 is 0.941 bits per heavy atom. The van der Waals surface area contributed by atoms with Gasteiger partial charge in [-0.15, -0.1) is 0 Å². The van der Waals surface area contributed by atoms with Gasteiger partial charge in [0.2, 0.25) is 0 Å². The molecule has 1 nitrogen and oxygen atoms in total. The van der Waals surface area contributed by atoms with Crippen LogP contribution in [0.3, 0.4) is 0 Å². The lowest BCUT2D eigenvalue weighted by atomic mass is 10.2. The van der Waals surface area contributed by atoms with Crippen molar-refractivity contribution in [2.75, 3.05) is 6.26 Å². The van der Waals surface area contributed by atoms with Gasteiger partial charge in [0.25, 0.3) is 0 Å². The van der Waals surface area contributed by atoms with E-state index >= 15 is 0 Å². The van der Waals surface area contributed by atoms with Gasteiger partial charge in [-0.1, -0.05) is 30.3 Å². The molecule has 0 amide bonds. The van der Waals surface area contributed by atoms with Crippen molar-refractivity contribution < 1.29 is 4.21 Å². The van der Waals surface area contributed by atoms with Gasteiger partial charge >= 0.3 is 0 Å². The lowest BCUT2D eigenvalue weighted by molar-refractivity contribution is 0.683. The standard InChI is InChI=1S/C14H14OS2/c1-16-11-12-7-9-14(10-8-12)17(15)13-5-3-2-4-6-13/h2-10H,11H2,1H3. The van der Waals surface area contributed by atoms with Crippen LogP contribution in [-0.4, -0.2) is 10.5 Å². The Labute approximate surface area is 109 Å². The predicted octanol–water partition coefficient (Wildman–Crippen LogP) is 3.72. The molecular weight excluding hydrogens is 248 g/mol. The molecule has 0 aliphatic rings. The molecule has 17 heavy (non-hydrogen) atoms. The van der Waals surface area contributed by atoms with E-state index in [-0.39, 0.29) is 0 Å². The topological polar surface area (TPSA) is 17.1 Å². The normalized spacial score (nSPS) is 12.3. The zero-order valence-corrected chi connectivity index (χ0v) is 11.3. The first-order valence-electron chi connectivity index (χ1n) is 5.36. The maximum absolute atomic E-state index is 12.2. The van der Waals surface area contributed by atoms with E-state index in [0.717, 1.165) is 15.5 Å². The van der Waals surface area contributed by atoms with Crippen LogP contribution >= 0.6 is 11.8 Å². The largest absolute Gasteiger partial charge is 0.249 e. The summed E-state index contributed by atoms with van der Waals surface area (Å²) in [6, 6.07) is 17.5. The summed E-state index contributed by atoms with van der Waals surface area (Å²) in [5.41, 5.74) is 1.27. The molecule has 0 fully saturated rings. The van der Waals surface area contributed by atoms with E-state index in [1.54, 1.807) is 11.8 Å². The summed E-state index contributed by atoms with van der Waals surface area (Å²) >= 11 is 1.79. The van der Waals surface area contributed by atoms with Crippen LogP contribution < -0.4 is 0 Å². The monoisotopic (exact) mass is 262 g/mol. The van der Waals surface area contributed by atoms with Crippen molar-refractivity contribution in [2.45, 2.75) is 15.5 Å². The van der Waals surface area contributed by atoms with Gasteiger partial charge in [-0.25, -0.2) is 4.21 Å². The Morgan fingerprint density at radius 2 is 1.53 bits per heavy atom. The van der Waals surface area contributed by atoms with Gasteiger partial charge in [0.1, 0.15) is 0 Å². The van der Waals surface area contributed by atoms with E-state index in [9.17, 15) is 4.21 Å². The number of hydrogen-bond acceptors (Lipinski definition) is 2. The van der Waals surface area contributed by atoms with Crippen molar-refractivity contribution in [3.8, 4) is 0 Å². The molecule has 88 valence electrons. The van der Waals surface area contributed by atoms with E-state index in [4.69, 9.17) is 0 Å². The third-order valence-electron chi connectivity index (χ3n) is 2.41. The van der Waals surface area contributed by atoms with Crippen LogP contribution in [0.1, 0.15) is 5.56 Å². The average Bonchev–Trinajstić information content (AvgIpc) is 2.40. The minimum absolute atomic E-state index is 0.852. The number of thioether (sulfide) groups is 1. The van der Waals surface area contributed by atoms with E-state index in [0.29, 0.717) is 0 Å². The number of hydrogen-bond donors (Lipinski definition) is 0. The lowest BCUT2D eigenvalue weighted by Crippen LogP contribution is -1.92. The van der Waals surface area contributed by atoms with Crippen molar-refractivity contribution in [1.82, 2.24) is 0 Å². The second-order valence-electron chi connectivity index (χ2n) is 3.66. The minimum atomic E-state index is -1.07. The molecule has 2 aromatic carbocycles. The predicted molar refractivity (Wildman–Crippen MR) is 74.8 cm³/mol. The third kappa shape index (κ3) is 3.20. The molecule has 0 bridgehead atoms. The molecule has 2 rings (SSSR count). The molecule has 0 radical (unpaired) electrons. The van der Waals surface area contributed by atoms with Crippen LogP contribution in [0.25, 0.3) is 0 Å². The fourth-order valence-corrected chi connectivity index (χ4v) is 3.14. The Balaban J connectivity index is 2.20. The van der Waals surface area contributed by atoms with E-state index < -0.39 is 10.8 Å². The summed E-state index contributed by atoms with van der Waals surface area (Å²) in [4.78, 5) is 1.71. The molecule has 0 aliphatic heterocycles. The fourth-order valence-electron chi connectivity index (χ4n) is 1.56. The van der Waals surface area contributed by atoms with Crippen LogP contribution in [0.2, 0.25) is 0 Å². The summed E-state index contributed by atoms with van der Waals surface area (Å²) in [5.74, 6) is 0.998. The minimum Gasteiger partial charge on any atom is -0.249 e. The Hall–Kier alpha value is -1.06. The molecule has 0 saturated carbocycles.